The highest BCUT2D eigenvalue weighted by atomic mass is 35.5. The van der Waals surface area contributed by atoms with Gasteiger partial charge < -0.3 is 10.2 Å². The third-order valence-corrected chi connectivity index (χ3v) is 6.34. The lowest BCUT2D eigenvalue weighted by atomic mass is 10.0. The molecule has 1 N–H and O–H groups in total. The van der Waals surface area contributed by atoms with Crippen molar-refractivity contribution in [3.63, 3.8) is 0 Å². The zero-order valence-electron chi connectivity index (χ0n) is 17.9. The molecular formula is C25H30Cl2N2O2. The minimum Gasteiger partial charge on any atom is -0.351 e. The van der Waals surface area contributed by atoms with Crippen LogP contribution in [0.4, 0.5) is 0 Å². The van der Waals surface area contributed by atoms with Crippen LogP contribution < -0.4 is 5.32 Å². The van der Waals surface area contributed by atoms with Crippen molar-refractivity contribution < 1.29 is 9.59 Å². The van der Waals surface area contributed by atoms with Crippen molar-refractivity contribution in [2.45, 2.75) is 64.1 Å². The summed E-state index contributed by atoms with van der Waals surface area (Å²) in [6.45, 7) is 2.32. The molecule has 0 aliphatic heterocycles. The van der Waals surface area contributed by atoms with E-state index in [1.165, 1.54) is 12.8 Å². The summed E-state index contributed by atoms with van der Waals surface area (Å²) in [5.41, 5.74) is 2.81. The minimum absolute atomic E-state index is 0.136. The van der Waals surface area contributed by atoms with Gasteiger partial charge in [0.15, 0.2) is 0 Å². The molecule has 0 aromatic heterocycles. The van der Waals surface area contributed by atoms with Gasteiger partial charge in [0.25, 0.3) is 0 Å². The van der Waals surface area contributed by atoms with Crippen LogP contribution in [0.15, 0.2) is 48.5 Å². The highest BCUT2D eigenvalue weighted by Gasteiger charge is 2.32. The molecule has 2 amide bonds. The number of nitrogens with one attached hydrogen (secondary N) is 1. The van der Waals surface area contributed by atoms with Gasteiger partial charge >= 0.3 is 0 Å². The Balaban J connectivity index is 1.92. The number of carbonyl (C=O) groups excluding carboxylic acids is 2. The Hall–Kier alpha value is -2.04. The van der Waals surface area contributed by atoms with Crippen molar-refractivity contribution in [1.29, 1.82) is 0 Å². The Morgan fingerprint density at radius 2 is 1.61 bits per heavy atom. The fourth-order valence-electron chi connectivity index (χ4n) is 4.11. The van der Waals surface area contributed by atoms with Crippen molar-refractivity contribution in [3.8, 4) is 0 Å². The molecule has 1 aliphatic carbocycles. The summed E-state index contributed by atoms with van der Waals surface area (Å²) < 4.78 is 0. The van der Waals surface area contributed by atoms with Gasteiger partial charge in [-0.1, -0.05) is 79.2 Å². The van der Waals surface area contributed by atoms with Crippen LogP contribution in [0.3, 0.4) is 0 Å². The molecule has 2 aromatic carbocycles. The zero-order chi connectivity index (χ0) is 22.2. The van der Waals surface area contributed by atoms with E-state index in [1.807, 2.05) is 43.3 Å². The first kappa shape index (κ1) is 23.6. The lowest BCUT2D eigenvalue weighted by Gasteiger charge is -2.32. The van der Waals surface area contributed by atoms with Crippen LogP contribution in [-0.2, 0) is 16.1 Å². The van der Waals surface area contributed by atoms with Crippen LogP contribution in [-0.4, -0.2) is 28.6 Å². The van der Waals surface area contributed by atoms with Gasteiger partial charge in [-0.05, 0) is 43.0 Å². The Bertz CT molecular complexity index is 860. The number of hydrogen-bond donors (Lipinski definition) is 1. The summed E-state index contributed by atoms with van der Waals surface area (Å²) in [4.78, 5) is 28.0. The molecule has 0 bridgehead atoms. The van der Waals surface area contributed by atoms with Crippen molar-refractivity contribution in [2.24, 2.45) is 0 Å². The molecule has 0 radical (unpaired) electrons. The van der Waals surface area contributed by atoms with Gasteiger partial charge in [-0.15, -0.1) is 11.6 Å². The van der Waals surface area contributed by atoms with Gasteiger partial charge in [0.05, 0.1) is 0 Å². The van der Waals surface area contributed by atoms with Crippen molar-refractivity contribution in [1.82, 2.24) is 10.2 Å². The number of aryl methyl sites for hydroxylation is 1. The maximum absolute atomic E-state index is 13.5. The van der Waals surface area contributed by atoms with Gasteiger partial charge in [-0.3, -0.25) is 9.59 Å². The SMILES string of the molecule is Cc1ccc(CN(C(=O)CCl)C(C(=O)NC2CCCCCC2)c2ccc(Cl)cc2)cc1. The Morgan fingerprint density at radius 1 is 1.00 bits per heavy atom. The average Bonchev–Trinajstić information content (AvgIpc) is 3.04. The number of hydrogen-bond acceptors (Lipinski definition) is 2. The molecule has 31 heavy (non-hydrogen) atoms. The summed E-state index contributed by atoms with van der Waals surface area (Å²) >= 11 is 12.1. The van der Waals surface area contributed by atoms with Crippen LogP contribution in [0.1, 0.15) is 61.3 Å². The normalized spacial score (nSPS) is 15.7. The Morgan fingerprint density at radius 3 is 2.19 bits per heavy atom. The highest BCUT2D eigenvalue weighted by Crippen LogP contribution is 2.27. The quantitative estimate of drug-likeness (QED) is 0.419. The molecule has 1 saturated carbocycles. The van der Waals surface area contributed by atoms with Gasteiger partial charge in [-0.25, -0.2) is 0 Å². The number of carbonyl (C=O) groups is 2. The zero-order valence-corrected chi connectivity index (χ0v) is 19.5. The number of halogens is 2. The van der Waals surface area contributed by atoms with Gasteiger partial charge in [0.1, 0.15) is 11.9 Å². The monoisotopic (exact) mass is 460 g/mol. The van der Waals surface area contributed by atoms with E-state index in [4.69, 9.17) is 23.2 Å². The van der Waals surface area contributed by atoms with E-state index in [0.717, 1.165) is 42.4 Å². The van der Waals surface area contributed by atoms with Crippen LogP contribution in [0.5, 0.6) is 0 Å². The smallest absolute Gasteiger partial charge is 0.247 e. The molecule has 1 fully saturated rings. The Kier molecular flexibility index (Phi) is 8.79. The molecule has 6 heteroatoms. The van der Waals surface area contributed by atoms with E-state index in [1.54, 1.807) is 17.0 Å². The summed E-state index contributed by atoms with van der Waals surface area (Å²) in [5, 5.41) is 3.80. The maximum Gasteiger partial charge on any atom is 0.247 e. The molecule has 4 nitrogen and oxygen atoms in total. The summed E-state index contributed by atoms with van der Waals surface area (Å²) in [7, 11) is 0. The molecule has 1 atom stereocenters. The fraction of sp³-hybridized carbons (Fsp3) is 0.440. The first-order valence-corrected chi connectivity index (χ1v) is 11.9. The third-order valence-electron chi connectivity index (χ3n) is 5.86. The van der Waals surface area contributed by atoms with E-state index in [-0.39, 0.29) is 23.7 Å². The number of nitrogens with zero attached hydrogens (tertiary/aromatic N) is 1. The number of amides is 2. The topological polar surface area (TPSA) is 49.4 Å². The predicted octanol–water partition coefficient (Wildman–Crippen LogP) is 5.80. The maximum atomic E-state index is 13.5. The first-order chi connectivity index (χ1) is 15.0. The van der Waals surface area contributed by atoms with Crippen molar-refractivity contribution in [2.75, 3.05) is 5.88 Å². The third kappa shape index (κ3) is 6.72. The van der Waals surface area contributed by atoms with Crippen LogP contribution >= 0.6 is 23.2 Å². The van der Waals surface area contributed by atoms with E-state index >= 15 is 0 Å². The van der Waals surface area contributed by atoms with Gasteiger partial charge in [0, 0.05) is 17.6 Å². The standard InChI is InChI=1S/C25H30Cl2N2O2/c1-18-8-10-19(11-9-18)17-29(23(30)16-26)24(20-12-14-21(27)15-13-20)25(31)28-22-6-4-2-3-5-7-22/h8-15,22,24H,2-7,16-17H2,1H3,(H,28,31). The van der Waals surface area contributed by atoms with E-state index < -0.39 is 6.04 Å². The summed E-state index contributed by atoms with van der Waals surface area (Å²) in [5.74, 6) is -0.634. The molecule has 0 saturated heterocycles. The Labute approximate surface area is 194 Å². The van der Waals surface area contributed by atoms with Gasteiger partial charge in [-0.2, -0.15) is 0 Å². The fourth-order valence-corrected chi connectivity index (χ4v) is 4.39. The molecule has 0 heterocycles. The van der Waals surface area contributed by atoms with Crippen LogP contribution in [0.2, 0.25) is 5.02 Å². The predicted molar refractivity (Wildman–Crippen MR) is 126 cm³/mol. The summed E-state index contributed by atoms with van der Waals surface area (Å²) in [6, 6.07) is 14.4. The van der Waals surface area contributed by atoms with Crippen molar-refractivity contribution in [3.05, 3.63) is 70.2 Å². The largest absolute Gasteiger partial charge is 0.351 e. The molecule has 1 unspecified atom stereocenters. The number of benzene rings is 2. The first-order valence-electron chi connectivity index (χ1n) is 10.9. The second-order valence-electron chi connectivity index (χ2n) is 8.29. The molecule has 1 aliphatic rings. The number of alkyl halides is 1. The van der Waals surface area contributed by atoms with E-state index in [2.05, 4.69) is 5.32 Å². The summed E-state index contributed by atoms with van der Waals surface area (Å²) in [6.07, 6.45) is 6.59. The second kappa shape index (κ2) is 11.5. The van der Waals surface area contributed by atoms with Gasteiger partial charge in [0.2, 0.25) is 11.8 Å². The van der Waals surface area contributed by atoms with E-state index in [9.17, 15) is 9.59 Å². The minimum atomic E-state index is -0.770. The molecule has 0 spiro atoms. The van der Waals surface area contributed by atoms with E-state index in [0.29, 0.717) is 11.6 Å². The van der Waals surface area contributed by atoms with Crippen LogP contribution in [0, 0.1) is 6.92 Å². The molecule has 2 aromatic rings. The second-order valence-corrected chi connectivity index (χ2v) is 9.00. The molecule has 3 rings (SSSR count). The molecule has 166 valence electrons. The lowest BCUT2D eigenvalue weighted by Crippen LogP contribution is -2.46. The molecular weight excluding hydrogens is 431 g/mol. The highest BCUT2D eigenvalue weighted by molar-refractivity contribution is 6.30. The van der Waals surface area contributed by atoms with Crippen LogP contribution in [0.25, 0.3) is 0 Å². The average molecular weight is 461 g/mol. The van der Waals surface area contributed by atoms with Crippen molar-refractivity contribution >= 4 is 35.0 Å². The number of rotatable bonds is 7. The lowest BCUT2D eigenvalue weighted by molar-refractivity contribution is -0.140.